The Hall–Kier alpha value is -0.660. The van der Waals surface area contributed by atoms with Crippen LogP contribution in [0.5, 0.6) is 0 Å². The summed E-state index contributed by atoms with van der Waals surface area (Å²) in [6.07, 6.45) is 10.2. The van der Waals surface area contributed by atoms with E-state index in [4.69, 9.17) is 0 Å². The van der Waals surface area contributed by atoms with E-state index in [1.807, 2.05) is 0 Å². The van der Waals surface area contributed by atoms with Crippen molar-refractivity contribution in [2.45, 2.75) is 71.6 Å². The van der Waals surface area contributed by atoms with Gasteiger partial charge >= 0.3 is 0 Å². The molecule has 0 heterocycles. The molecule has 2 nitrogen and oxygen atoms in total. The fourth-order valence-electron chi connectivity index (χ4n) is 6.07. The van der Waals surface area contributed by atoms with E-state index < -0.39 is 0 Å². The van der Waals surface area contributed by atoms with Crippen LogP contribution in [0, 0.1) is 22.7 Å². The third-order valence-corrected chi connectivity index (χ3v) is 6.73. The molecule has 0 amide bonds. The van der Waals surface area contributed by atoms with Crippen molar-refractivity contribution < 1.29 is 9.59 Å². The fourth-order valence-corrected chi connectivity index (χ4v) is 6.07. The Bertz CT molecular complexity index is 413. The molecule has 19 heavy (non-hydrogen) atoms. The highest BCUT2D eigenvalue weighted by Gasteiger charge is 2.68. The highest BCUT2D eigenvalue weighted by Crippen LogP contribution is 2.69. The number of rotatable bonds is 2. The Labute approximate surface area is 116 Å². The van der Waals surface area contributed by atoms with Crippen molar-refractivity contribution in [1.82, 2.24) is 0 Å². The number of fused-ring (bicyclic) bond motifs is 3. The second kappa shape index (κ2) is 4.43. The summed E-state index contributed by atoms with van der Waals surface area (Å²) in [6, 6.07) is 0. The molecule has 0 aromatic carbocycles. The van der Waals surface area contributed by atoms with Crippen LogP contribution in [0.25, 0.3) is 0 Å². The van der Waals surface area contributed by atoms with E-state index >= 15 is 0 Å². The second-order valence-corrected chi connectivity index (χ2v) is 7.23. The van der Waals surface area contributed by atoms with E-state index in [-0.39, 0.29) is 10.8 Å². The van der Waals surface area contributed by atoms with Gasteiger partial charge in [-0.3, -0.25) is 9.59 Å². The molecule has 0 spiro atoms. The van der Waals surface area contributed by atoms with E-state index in [9.17, 15) is 9.59 Å². The maximum absolute atomic E-state index is 12.6. The normalized spacial score (nSPS) is 45.4. The molecule has 3 aliphatic carbocycles. The van der Waals surface area contributed by atoms with Gasteiger partial charge in [0.1, 0.15) is 11.6 Å². The van der Waals surface area contributed by atoms with Crippen LogP contribution in [0.1, 0.15) is 71.6 Å². The van der Waals surface area contributed by atoms with Gasteiger partial charge in [0.05, 0.1) is 0 Å². The zero-order valence-electron chi connectivity index (χ0n) is 12.3. The molecule has 0 radical (unpaired) electrons. The van der Waals surface area contributed by atoms with Crippen molar-refractivity contribution >= 4 is 11.6 Å². The van der Waals surface area contributed by atoms with Gasteiger partial charge in [-0.1, -0.05) is 32.1 Å². The van der Waals surface area contributed by atoms with E-state index in [0.29, 0.717) is 23.4 Å². The van der Waals surface area contributed by atoms with Crippen LogP contribution in [0.4, 0.5) is 0 Å². The van der Waals surface area contributed by atoms with Gasteiger partial charge in [-0.15, -0.1) is 0 Å². The summed E-state index contributed by atoms with van der Waals surface area (Å²) in [6.45, 7) is 3.51. The van der Waals surface area contributed by atoms with Crippen LogP contribution >= 0.6 is 0 Å². The SMILES string of the molecule is CC(=O)C12CCCCC1(C(C)=O)C1CCCCC1C2. The molecule has 2 heteroatoms. The number of carbonyl (C=O) groups excluding carboxylic acids is 2. The van der Waals surface area contributed by atoms with Crippen LogP contribution in [-0.2, 0) is 9.59 Å². The smallest absolute Gasteiger partial charge is 0.137 e. The molecule has 4 unspecified atom stereocenters. The highest BCUT2D eigenvalue weighted by atomic mass is 16.1. The number of hydrogen-bond donors (Lipinski definition) is 0. The first-order valence-corrected chi connectivity index (χ1v) is 8.07. The van der Waals surface area contributed by atoms with E-state index in [0.717, 1.165) is 32.1 Å². The van der Waals surface area contributed by atoms with Crippen LogP contribution in [-0.4, -0.2) is 11.6 Å². The van der Waals surface area contributed by atoms with Gasteiger partial charge in [-0.05, 0) is 51.4 Å². The minimum Gasteiger partial charge on any atom is -0.299 e. The van der Waals surface area contributed by atoms with Crippen molar-refractivity contribution in [3.63, 3.8) is 0 Å². The maximum atomic E-state index is 12.6. The summed E-state index contributed by atoms with van der Waals surface area (Å²) < 4.78 is 0. The first-order valence-electron chi connectivity index (χ1n) is 8.07. The number of ketones is 2. The third-order valence-electron chi connectivity index (χ3n) is 6.73. The largest absolute Gasteiger partial charge is 0.299 e. The molecule has 0 aliphatic heterocycles. The van der Waals surface area contributed by atoms with E-state index in [1.54, 1.807) is 13.8 Å². The van der Waals surface area contributed by atoms with Gasteiger partial charge in [0.2, 0.25) is 0 Å². The Kier molecular flexibility index (Phi) is 3.11. The predicted molar refractivity (Wildman–Crippen MR) is 74.8 cm³/mol. The lowest BCUT2D eigenvalue weighted by molar-refractivity contribution is -0.153. The molecule has 0 aromatic rings. The fraction of sp³-hybridized carbons (Fsp3) is 0.882. The molecule has 3 saturated carbocycles. The second-order valence-electron chi connectivity index (χ2n) is 7.23. The zero-order chi connectivity index (χ0) is 13.7. The van der Waals surface area contributed by atoms with Gasteiger partial charge in [0.25, 0.3) is 0 Å². The molecule has 0 aromatic heterocycles. The molecular weight excluding hydrogens is 236 g/mol. The van der Waals surface area contributed by atoms with Crippen molar-refractivity contribution in [3.05, 3.63) is 0 Å². The van der Waals surface area contributed by atoms with Gasteiger partial charge in [0, 0.05) is 10.8 Å². The average molecular weight is 262 g/mol. The third kappa shape index (κ3) is 1.55. The molecule has 4 atom stereocenters. The van der Waals surface area contributed by atoms with Crippen LogP contribution in [0.3, 0.4) is 0 Å². The summed E-state index contributed by atoms with van der Waals surface area (Å²) in [4.78, 5) is 25.1. The van der Waals surface area contributed by atoms with Crippen LogP contribution < -0.4 is 0 Å². The number of Topliss-reactive ketones (excluding diaryl/α,β-unsaturated/α-hetero) is 2. The quantitative estimate of drug-likeness (QED) is 0.756. The highest BCUT2D eigenvalue weighted by molar-refractivity contribution is 5.94. The van der Waals surface area contributed by atoms with Crippen molar-refractivity contribution in [3.8, 4) is 0 Å². The van der Waals surface area contributed by atoms with Gasteiger partial charge in [-0.25, -0.2) is 0 Å². The molecule has 0 N–H and O–H groups in total. The van der Waals surface area contributed by atoms with Gasteiger partial charge in [-0.2, -0.15) is 0 Å². The minimum absolute atomic E-state index is 0.290. The molecule has 106 valence electrons. The van der Waals surface area contributed by atoms with Gasteiger partial charge in [0.15, 0.2) is 0 Å². The number of hydrogen-bond acceptors (Lipinski definition) is 2. The minimum atomic E-state index is -0.295. The monoisotopic (exact) mass is 262 g/mol. The Morgan fingerprint density at radius 3 is 2.26 bits per heavy atom. The average Bonchev–Trinajstić information content (AvgIpc) is 2.71. The molecule has 0 saturated heterocycles. The lowest BCUT2D eigenvalue weighted by Gasteiger charge is -2.50. The summed E-state index contributed by atoms with van der Waals surface area (Å²) in [5, 5.41) is 0. The van der Waals surface area contributed by atoms with E-state index in [1.165, 1.54) is 25.7 Å². The first-order chi connectivity index (χ1) is 9.04. The Balaban J connectivity index is 2.13. The molecule has 3 aliphatic rings. The van der Waals surface area contributed by atoms with Crippen LogP contribution in [0.2, 0.25) is 0 Å². The molecule has 0 bridgehead atoms. The van der Waals surface area contributed by atoms with Crippen molar-refractivity contribution in [1.29, 1.82) is 0 Å². The molecular formula is C17H26O2. The lowest BCUT2D eigenvalue weighted by atomic mass is 9.51. The molecule has 3 fully saturated rings. The molecule has 3 rings (SSSR count). The van der Waals surface area contributed by atoms with Crippen molar-refractivity contribution in [2.24, 2.45) is 22.7 Å². The topological polar surface area (TPSA) is 34.1 Å². The Morgan fingerprint density at radius 2 is 1.58 bits per heavy atom. The standard InChI is InChI=1S/C17H26O2/c1-12(18)16-9-5-6-10-17(16,13(2)19)15-8-4-3-7-14(15)11-16/h14-15H,3-11H2,1-2H3. The predicted octanol–water partition coefficient (Wildman–Crippen LogP) is 3.92. The lowest BCUT2D eigenvalue weighted by Crippen LogP contribution is -2.52. The number of carbonyl (C=O) groups is 2. The summed E-state index contributed by atoms with van der Waals surface area (Å²) >= 11 is 0. The zero-order valence-corrected chi connectivity index (χ0v) is 12.3. The van der Waals surface area contributed by atoms with Crippen molar-refractivity contribution in [2.75, 3.05) is 0 Å². The summed E-state index contributed by atoms with van der Waals surface area (Å²) in [5.41, 5.74) is -0.584. The summed E-state index contributed by atoms with van der Waals surface area (Å²) in [7, 11) is 0. The van der Waals surface area contributed by atoms with Gasteiger partial charge < -0.3 is 0 Å². The summed E-state index contributed by atoms with van der Waals surface area (Å²) in [5.74, 6) is 1.76. The van der Waals surface area contributed by atoms with E-state index in [2.05, 4.69) is 0 Å². The first kappa shape index (κ1) is 13.3. The maximum Gasteiger partial charge on any atom is 0.137 e. The Morgan fingerprint density at radius 1 is 0.895 bits per heavy atom. The van der Waals surface area contributed by atoms with Crippen LogP contribution in [0.15, 0.2) is 0 Å².